The quantitative estimate of drug-likeness (QED) is 0.697. The van der Waals surface area contributed by atoms with Gasteiger partial charge in [0.25, 0.3) is 0 Å². The number of aliphatic imine (C=N–C) groups is 1. The summed E-state index contributed by atoms with van der Waals surface area (Å²) in [5, 5.41) is 1.97. The van der Waals surface area contributed by atoms with Gasteiger partial charge in [0.2, 0.25) is 0 Å². The second-order valence-corrected chi connectivity index (χ2v) is 8.39. The topological polar surface area (TPSA) is 65.0 Å². The van der Waals surface area contributed by atoms with Gasteiger partial charge in [0.05, 0.1) is 14.2 Å². The third-order valence-electron chi connectivity index (χ3n) is 5.76. The summed E-state index contributed by atoms with van der Waals surface area (Å²) >= 11 is 1.56. The van der Waals surface area contributed by atoms with Crippen molar-refractivity contribution in [2.24, 2.45) is 10.9 Å². The summed E-state index contributed by atoms with van der Waals surface area (Å²) in [7, 11) is 3.02. The van der Waals surface area contributed by atoms with Crippen molar-refractivity contribution in [1.29, 1.82) is 0 Å². The summed E-state index contributed by atoms with van der Waals surface area (Å²) in [5.74, 6) is -0.350. The van der Waals surface area contributed by atoms with E-state index in [-0.39, 0.29) is 23.6 Å². The number of ketones is 1. The largest absolute Gasteiger partial charge is 0.497 e. The normalized spacial score (nSPS) is 24.0. The van der Waals surface area contributed by atoms with E-state index in [0.717, 1.165) is 21.9 Å². The van der Waals surface area contributed by atoms with E-state index in [9.17, 15) is 9.59 Å². The fourth-order valence-electron chi connectivity index (χ4n) is 4.40. The minimum absolute atomic E-state index is 0.0477. The lowest BCUT2D eigenvalue weighted by molar-refractivity contribution is -0.143. The number of thiophene rings is 1. The predicted octanol–water partition coefficient (Wildman–Crippen LogP) is 4.50. The summed E-state index contributed by atoms with van der Waals surface area (Å²) in [4.78, 5) is 31.6. The first-order valence-electron chi connectivity index (χ1n) is 9.60. The molecule has 0 N–H and O–H groups in total. The Hall–Kier alpha value is -2.73. The van der Waals surface area contributed by atoms with Crippen molar-refractivity contribution in [1.82, 2.24) is 0 Å². The molecule has 1 aliphatic heterocycles. The van der Waals surface area contributed by atoms with Crippen LogP contribution >= 0.6 is 11.3 Å². The van der Waals surface area contributed by atoms with E-state index in [2.05, 4.69) is 0 Å². The first-order chi connectivity index (χ1) is 14.0. The van der Waals surface area contributed by atoms with Crippen molar-refractivity contribution < 1.29 is 19.1 Å². The Morgan fingerprint density at radius 2 is 2.00 bits per heavy atom. The Bertz CT molecular complexity index is 1010. The molecule has 1 aromatic heterocycles. The summed E-state index contributed by atoms with van der Waals surface area (Å²) in [5.41, 5.74) is 3.24. The predicted molar refractivity (Wildman–Crippen MR) is 113 cm³/mol. The average molecular weight is 410 g/mol. The highest BCUT2D eigenvalue weighted by Gasteiger charge is 2.45. The number of allylic oxidation sites excluding steroid dienone is 2. The number of rotatable bonds is 4. The molecule has 0 bridgehead atoms. The number of Topliss-reactive ketones (excluding diaryl/α,β-unsaturated/α-hetero) is 1. The number of methoxy groups -OCH3 is 2. The van der Waals surface area contributed by atoms with E-state index in [4.69, 9.17) is 14.5 Å². The maximum absolute atomic E-state index is 13.3. The van der Waals surface area contributed by atoms with Gasteiger partial charge in [-0.2, -0.15) is 0 Å². The standard InChI is InChI=1S/C23H23NO4S/c1-13-20(23(26)28-3)22(19-8-5-9-29-19)21-17(24-13)11-15(12-18(21)25)14-6-4-7-16(10-14)27-2/h4-10,15,20,22H,11-12H2,1-3H3. The Labute approximate surface area is 174 Å². The number of hydrogen-bond acceptors (Lipinski definition) is 6. The minimum Gasteiger partial charge on any atom is -0.497 e. The van der Waals surface area contributed by atoms with E-state index >= 15 is 0 Å². The number of ether oxygens (including phenoxy) is 2. The van der Waals surface area contributed by atoms with Crippen LogP contribution in [0.2, 0.25) is 0 Å². The SMILES string of the molecule is COC(=O)C1C(C)=NC2=C(C(=O)CC(c3cccc(OC)c3)C2)C1c1cccs1. The molecule has 3 unspecified atom stereocenters. The summed E-state index contributed by atoms with van der Waals surface area (Å²) in [6.45, 7) is 1.85. The van der Waals surface area contributed by atoms with Crippen LogP contribution in [-0.4, -0.2) is 31.7 Å². The van der Waals surface area contributed by atoms with Crippen LogP contribution in [0, 0.1) is 5.92 Å². The number of hydrogen-bond donors (Lipinski definition) is 0. The van der Waals surface area contributed by atoms with E-state index in [1.54, 1.807) is 18.4 Å². The lowest BCUT2D eigenvalue weighted by Crippen LogP contribution is -2.37. The maximum Gasteiger partial charge on any atom is 0.315 e. The van der Waals surface area contributed by atoms with Gasteiger partial charge < -0.3 is 9.47 Å². The molecule has 1 aromatic carbocycles. The molecular formula is C23H23NO4S. The van der Waals surface area contributed by atoms with E-state index < -0.39 is 5.92 Å². The third-order valence-corrected chi connectivity index (χ3v) is 6.71. The number of nitrogens with zero attached hydrogens (tertiary/aromatic N) is 1. The highest BCUT2D eigenvalue weighted by Crippen LogP contribution is 2.47. The highest BCUT2D eigenvalue weighted by atomic mass is 32.1. The molecule has 5 nitrogen and oxygen atoms in total. The van der Waals surface area contributed by atoms with Crippen LogP contribution in [0.5, 0.6) is 5.75 Å². The van der Waals surface area contributed by atoms with E-state index in [1.807, 2.05) is 48.7 Å². The molecule has 3 atom stereocenters. The van der Waals surface area contributed by atoms with Crippen LogP contribution in [0.25, 0.3) is 0 Å². The molecule has 6 heteroatoms. The molecule has 0 fully saturated rings. The summed E-state index contributed by atoms with van der Waals surface area (Å²) < 4.78 is 10.4. The number of carbonyl (C=O) groups is 2. The van der Waals surface area contributed by atoms with Gasteiger partial charge >= 0.3 is 5.97 Å². The molecule has 0 spiro atoms. The monoisotopic (exact) mass is 409 g/mol. The third kappa shape index (κ3) is 3.53. The zero-order valence-corrected chi connectivity index (χ0v) is 17.5. The molecule has 0 amide bonds. The van der Waals surface area contributed by atoms with Crippen molar-refractivity contribution in [3.05, 3.63) is 63.5 Å². The van der Waals surface area contributed by atoms with E-state index in [1.165, 1.54) is 7.11 Å². The Morgan fingerprint density at radius 1 is 1.17 bits per heavy atom. The van der Waals surface area contributed by atoms with E-state index in [0.29, 0.717) is 24.1 Å². The van der Waals surface area contributed by atoms with Gasteiger partial charge in [0.1, 0.15) is 11.7 Å². The number of esters is 1. The fraction of sp³-hybridized carbons (Fsp3) is 0.348. The Morgan fingerprint density at radius 3 is 2.69 bits per heavy atom. The molecule has 1 aliphatic carbocycles. The summed E-state index contributed by atoms with van der Waals surface area (Å²) in [6.07, 6.45) is 1.07. The van der Waals surface area contributed by atoms with Gasteiger partial charge in [-0.05, 0) is 48.4 Å². The van der Waals surface area contributed by atoms with Gasteiger partial charge in [0.15, 0.2) is 5.78 Å². The lowest BCUT2D eigenvalue weighted by atomic mass is 9.71. The number of benzene rings is 1. The smallest absolute Gasteiger partial charge is 0.315 e. The zero-order chi connectivity index (χ0) is 20.5. The lowest BCUT2D eigenvalue weighted by Gasteiger charge is -2.35. The molecule has 2 heterocycles. The minimum atomic E-state index is -0.560. The van der Waals surface area contributed by atoms with Gasteiger partial charge in [0, 0.05) is 34.2 Å². The van der Waals surface area contributed by atoms with Gasteiger partial charge in [-0.1, -0.05) is 18.2 Å². The van der Waals surface area contributed by atoms with Crippen LogP contribution in [-0.2, 0) is 14.3 Å². The molecule has 0 saturated carbocycles. The Kier molecular flexibility index (Phi) is 5.37. The van der Waals surface area contributed by atoms with Crippen molar-refractivity contribution >= 4 is 28.8 Å². The van der Waals surface area contributed by atoms with Crippen molar-refractivity contribution in [2.45, 2.75) is 31.6 Å². The van der Waals surface area contributed by atoms with Crippen LogP contribution in [0.15, 0.2) is 58.0 Å². The van der Waals surface area contributed by atoms with Crippen molar-refractivity contribution in [3.8, 4) is 5.75 Å². The van der Waals surface area contributed by atoms with Crippen LogP contribution in [0.1, 0.15) is 42.0 Å². The molecule has 29 heavy (non-hydrogen) atoms. The van der Waals surface area contributed by atoms with Crippen LogP contribution in [0.3, 0.4) is 0 Å². The molecule has 4 rings (SSSR count). The average Bonchev–Trinajstić information content (AvgIpc) is 3.26. The molecule has 2 aromatic rings. The molecule has 0 saturated heterocycles. The first kappa shape index (κ1) is 19.6. The number of carbonyl (C=O) groups excluding carboxylic acids is 2. The second-order valence-electron chi connectivity index (χ2n) is 7.41. The first-order valence-corrected chi connectivity index (χ1v) is 10.5. The molecule has 150 valence electrons. The van der Waals surface area contributed by atoms with Gasteiger partial charge in [-0.15, -0.1) is 11.3 Å². The maximum atomic E-state index is 13.3. The van der Waals surface area contributed by atoms with Crippen LogP contribution < -0.4 is 4.74 Å². The Balaban J connectivity index is 1.77. The molecular weight excluding hydrogens is 386 g/mol. The van der Waals surface area contributed by atoms with Crippen molar-refractivity contribution in [2.75, 3.05) is 14.2 Å². The highest BCUT2D eigenvalue weighted by molar-refractivity contribution is 7.10. The van der Waals surface area contributed by atoms with Crippen LogP contribution in [0.4, 0.5) is 0 Å². The molecule has 0 radical (unpaired) electrons. The van der Waals surface area contributed by atoms with Gasteiger partial charge in [-0.3, -0.25) is 14.6 Å². The fourth-order valence-corrected chi connectivity index (χ4v) is 5.27. The second kappa shape index (κ2) is 7.95. The molecule has 2 aliphatic rings. The zero-order valence-electron chi connectivity index (χ0n) is 16.7. The van der Waals surface area contributed by atoms with Crippen molar-refractivity contribution in [3.63, 3.8) is 0 Å². The summed E-state index contributed by atoms with van der Waals surface area (Å²) in [6, 6.07) is 11.8. The van der Waals surface area contributed by atoms with Gasteiger partial charge in [-0.25, -0.2) is 0 Å².